The van der Waals surface area contributed by atoms with Crippen molar-refractivity contribution in [2.75, 3.05) is 6.61 Å². The molecule has 2 unspecified atom stereocenters. The third kappa shape index (κ3) is 1.29. The van der Waals surface area contributed by atoms with Crippen molar-refractivity contribution < 1.29 is 9.47 Å². The lowest BCUT2D eigenvalue weighted by molar-refractivity contribution is 0.139. The van der Waals surface area contributed by atoms with Gasteiger partial charge in [-0.3, -0.25) is 0 Å². The van der Waals surface area contributed by atoms with Gasteiger partial charge in [-0.25, -0.2) is 0 Å². The fraction of sp³-hybridized carbons (Fsp3) is 0.250. The SMILES string of the molecule is Cc1ccc2c(c1)OCC1c3ccccc3OC21. The third-order valence-electron chi connectivity index (χ3n) is 3.83. The average Bonchev–Trinajstić information content (AvgIpc) is 2.77. The smallest absolute Gasteiger partial charge is 0.138 e. The molecule has 0 bridgehead atoms. The van der Waals surface area contributed by atoms with Crippen LogP contribution in [0.25, 0.3) is 0 Å². The number of fused-ring (bicyclic) bond motifs is 5. The van der Waals surface area contributed by atoms with Gasteiger partial charge in [-0.1, -0.05) is 30.3 Å². The van der Waals surface area contributed by atoms with E-state index in [9.17, 15) is 0 Å². The molecule has 0 N–H and O–H groups in total. The summed E-state index contributed by atoms with van der Waals surface area (Å²) < 4.78 is 12.0. The Bertz CT molecular complexity index is 618. The van der Waals surface area contributed by atoms with Crippen molar-refractivity contribution in [2.24, 2.45) is 0 Å². The van der Waals surface area contributed by atoms with Crippen LogP contribution in [0.2, 0.25) is 0 Å². The topological polar surface area (TPSA) is 18.5 Å². The second kappa shape index (κ2) is 3.52. The lowest BCUT2D eigenvalue weighted by Crippen LogP contribution is -2.23. The van der Waals surface area contributed by atoms with E-state index in [2.05, 4.69) is 37.3 Å². The Balaban J connectivity index is 1.83. The second-order valence-electron chi connectivity index (χ2n) is 5.04. The van der Waals surface area contributed by atoms with Crippen molar-refractivity contribution in [1.82, 2.24) is 0 Å². The Hall–Kier alpha value is -1.96. The molecule has 4 rings (SSSR count). The average molecular weight is 238 g/mol. The van der Waals surface area contributed by atoms with Gasteiger partial charge in [-0.15, -0.1) is 0 Å². The number of benzene rings is 2. The molecule has 2 aliphatic rings. The molecule has 2 aliphatic heterocycles. The van der Waals surface area contributed by atoms with Crippen LogP contribution in [-0.2, 0) is 0 Å². The van der Waals surface area contributed by atoms with Crippen LogP contribution in [0.1, 0.15) is 28.7 Å². The number of rotatable bonds is 0. The van der Waals surface area contributed by atoms with Crippen LogP contribution < -0.4 is 9.47 Å². The highest BCUT2D eigenvalue weighted by Crippen LogP contribution is 2.50. The summed E-state index contributed by atoms with van der Waals surface area (Å²) >= 11 is 0. The van der Waals surface area contributed by atoms with Gasteiger partial charge in [0.25, 0.3) is 0 Å². The Morgan fingerprint density at radius 3 is 2.83 bits per heavy atom. The highest BCUT2D eigenvalue weighted by atomic mass is 16.5. The van der Waals surface area contributed by atoms with Crippen LogP contribution in [0, 0.1) is 6.92 Å². The third-order valence-corrected chi connectivity index (χ3v) is 3.83. The maximum Gasteiger partial charge on any atom is 0.138 e. The van der Waals surface area contributed by atoms with Crippen LogP contribution in [0.4, 0.5) is 0 Å². The minimum absolute atomic E-state index is 0.117. The highest BCUT2D eigenvalue weighted by molar-refractivity contribution is 5.49. The molecule has 2 aromatic rings. The Morgan fingerprint density at radius 2 is 1.89 bits per heavy atom. The zero-order valence-electron chi connectivity index (χ0n) is 10.2. The van der Waals surface area contributed by atoms with E-state index < -0.39 is 0 Å². The Kier molecular flexibility index (Phi) is 1.95. The fourth-order valence-electron chi connectivity index (χ4n) is 2.91. The first-order valence-corrected chi connectivity index (χ1v) is 6.32. The van der Waals surface area contributed by atoms with Gasteiger partial charge in [0.15, 0.2) is 0 Å². The highest BCUT2D eigenvalue weighted by Gasteiger charge is 2.40. The molecule has 2 nitrogen and oxygen atoms in total. The van der Waals surface area contributed by atoms with Crippen molar-refractivity contribution in [3.63, 3.8) is 0 Å². The van der Waals surface area contributed by atoms with E-state index in [1.807, 2.05) is 12.1 Å². The largest absolute Gasteiger partial charge is 0.492 e. The van der Waals surface area contributed by atoms with Gasteiger partial charge < -0.3 is 9.47 Å². The quantitative estimate of drug-likeness (QED) is 0.698. The molecule has 2 aromatic carbocycles. The van der Waals surface area contributed by atoms with Gasteiger partial charge in [0.05, 0.1) is 12.5 Å². The summed E-state index contributed by atoms with van der Waals surface area (Å²) in [5.74, 6) is 2.31. The second-order valence-corrected chi connectivity index (χ2v) is 5.04. The van der Waals surface area contributed by atoms with Crippen LogP contribution in [-0.4, -0.2) is 6.61 Å². The molecule has 18 heavy (non-hydrogen) atoms. The molecule has 2 atom stereocenters. The van der Waals surface area contributed by atoms with Crippen LogP contribution in [0.3, 0.4) is 0 Å². The molecule has 0 aromatic heterocycles. The molecule has 90 valence electrons. The molecule has 0 saturated carbocycles. The molecule has 0 radical (unpaired) electrons. The normalized spacial score (nSPS) is 23.4. The van der Waals surface area contributed by atoms with Gasteiger partial charge in [-0.2, -0.15) is 0 Å². The van der Waals surface area contributed by atoms with E-state index in [4.69, 9.17) is 9.47 Å². The number of para-hydroxylation sites is 1. The fourth-order valence-corrected chi connectivity index (χ4v) is 2.91. The first kappa shape index (κ1) is 10.0. The van der Waals surface area contributed by atoms with Gasteiger partial charge in [0.1, 0.15) is 17.6 Å². The summed E-state index contributed by atoms with van der Waals surface area (Å²) in [4.78, 5) is 0. The minimum Gasteiger partial charge on any atom is -0.492 e. The first-order valence-electron chi connectivity index (χ1n) is 6.32. The molecule has 0 amide bonds. The van der Waals surface area contributed by atoms with Gasteiger partial charge in [-0.05, 0) is 24.6 Å². The van der Waals surface area contributed by atoms with Crippen LogP contribution in [0.15, 0.2) is 42.5 Å². The number of hydrogen-bond acceptors (Lipinski definition) is 2. The summed E-state index contributed by atoms with van der Waals surface area (Å²) in [6.45, 7) is 2.79. The lowest BCUT2D eigenvalue weighted by Gasteiger charge is -2.28. The zero-order chi connectivity index (χ0) is 12.1. The van der Waals surface area contributed by atoms with Crippen molar-refractivity contribution in [1.29, 1.82) is 0 Å². The van der Waals surface area contributed by atoms with Crippen molar-refractivity contribution in [3.8, 4) is 11.5 Å². The predicted molar refractivity (Wildman–Crippen MR) is 69.2 cm³/mol. The molecule has 0 fully saturated rings. The summed E-state index contributed by atoms with van der Waals surface area (Å²) in [7, 11) is 0. The standard InChI is InChI=1S/C16H14O2/c1-10-6-7-12-15(8-10)17-9-13-11-4-2-3-5-14(11)18-16(12)13/h2-8,13,16H,9H2,1H3. The van der Waals surface area contributed by atoms with E-state index in [0.29, 0.717) is 12.5 Å². The zero-order valence-corrected chi connectivity index (χ0v) is 10.2. The lowest BCUT2D eigenvalue weighted by atomic mass is 9.89. The van der Waals surface area contributed by atoms with Crippen molar-refractivity contribution in [2.45, 2.75) is 18.9 Å². The van der Waals surface area contributed by atoms with E-state index >= 15 is 0 Å². The molecule has 2 heteroatoms. The monoisotopic (exact) mass is 238 g/mol. The summed E-state index contributed by atoms with van der Waals surface area (Å²) in [6.07, 6.45) is 0.117. The predicted octanol–water partition coefficient (Wildman–Crippen LogP) is 3.60. The first-order chi connectivity index (χ1) is 8.83. The molecule has 0 aliphatic carbocycles. The molecule has 0 spiro atoms. The van der Waals surface area contributed by atoms with Gasteiger partial charge in [0, 0.05) is 11.1 Å². The van der Waals surface area contributed by atoms with E-state index in [-0.39, 0.29) is 6.10 Å². The van der Waals surface area contributed by atoms with Crippen molar-refractivity contribution >= 4 is 0 Å². The maximum atomic E-state index is 6.10. The van der Waals surface area contributed by atoms with E-state index in [1.165, 1.54) is 16.7 Å². The summed E-state index contributed by atoms with van der Waals surface area (Å²) in [5.41, 5.74) is 3.67. The molecular weight excluding hydrogens is 224 g/mol. The van der Waals surface area contributed by atoms with E-state index in [1.54, 1.807) is 0 Å². The number of aryl methyl sites for hydroxylation is 1. The van der Waals surface area contributed by atoms with Crippen molar-refractivity contribution in [3.05, 3.63) is 59.2 Å². The maximum absolute atomic E-state index is 6.10. The Morgan fingerprint density at radius 1 is 1.00 bits per heavy atom. The Labute approximate surface area is 106 Å². The number of hydrogen-bond donors (Lipinski definition) is 0. The molecular formula is C16H14O2. The van der Waals surface area contributed by atoms with Crippen LogP contribution in [0.5, 0.6) is 11.5 Å². The van der Waals surface area contributed by atoms with Gasteiger partial charge >= 0.3 is 0 Å². The number of ether oxygens (including phenoxy) is 2. The van der Waals surface area contributed by atoms with E-state index in [0.717, 1.165) is 11.5 Å². The summed E-state index contributed by atoms with van der Waals surface area (Å²) in [6, 6.07) is 14.6. The minimum atomic E-state index is 0.117. The van der Waals surface area contributed by atoms with Gasteiger partial charge in [0.2, 0.25) is 0 Å². The van der Waals surface area contributed by atoms with Crippen LogP contribution >= 0.6 is 0 Å². The molecule has 2 heterocycles. The summed E-state index contributed by atoms with van der Waals surface area (Å²) in [5, 5.41) is 0. The molecule has 0 saturated heterocycles.